The highest BCUT2D eigenvalue weighted by atomic mass is 16.1. The zero-order valence-corrected chi connectivity index (χ0v) is 12.3. The second-order valence-electron chi connectivity index (χ2n) is 5.16. The first-order valence-electron chi connectivity index (χ1n) is 7.17. The summed E-state index contributed by atoms with van der Waals surface area (Å²) in [6.45, 7) is 4.04. The first-order chi connectivity index (χ1) is 10.2. The van der Waals surface area contributed by atoms with Gasteiger partial charge >= 0.3 is 0 Å². The second kappa shape index (κ2) is 5.44. The number of hydrogen-bond acceptors (Lipinski definition) is 1. The van der Waals surface area contributed by atoms with Gasteiger partial charge in [-0.1, -0.05) is 49.4 Å². The zero-order valence-electron chi connectivity index (χ0n) is 12.3. The highest BCUT2D eigenvalue weighted by molar-refractivity contribution is 5.63. The Labute approximate surface area is 123 Å². The van der Waals surface area contributed by atoms with E-state index in [0.717, 1.165) is 28.1 Å². The van der Waals surface area contributed by atoms with Gasteiger partial charge in [-0.3, -0.25) is 9.89 Å². The Kier molecular flexibility index (Phi) is 3.48. The lowest BCUT2D eigenvalue weighted by atomic mass is 10.1. The molecule has 106 valence electrons. The van der Waals surface area contributed by atoms with Gasteiger partial charge in [0.15, 0.2) is 0 Å². The van der Waals surface area contributed by atoms with E-state index in [0.29, 0.717) is 6.42 Å². The Hall–Kier alpha value is -2.55. The van der Waals surface area contributed by atoms with Crippen molar-refractivity contribution in [1.29, 1.82) is 0 Å². The van der Waals surface area contributed by atoms with Crippen molar-refractivity contribution in [3.8, 4) is 16.9 Å². The van der Waals surface area contributed by atoms with Gasteiger partial charge < -0.3 is 0 Å². The van der Waals surface area contributed by atoms with Crippen molar-refractivity contribution in [3.63, 3.8) is 0 Å². The molecule has 0 radical (unpaired) electrons. The van der Waals surface area contributed by atoms with Gasteiger partial charge in [0.1, 0.15) is 0 Å². The van der Waals surface area contributed by atoms with Crippen LogP contribution in [-0.2, 0) is 6.42 Å². The quantitative estimate of drug-likeness (QED) is 0.779. The summed E-state index contributed by atoms with van der Waals surface area (Å²) < 4.78 is 1.63. The Morgan fingerprint density at radius 1 is 1.05 bits per heavy atom. The van der Waals surface area contributed by atoms with Crippen LogP contribution in [0.4, 0.5) is 0 Å². The molecule has 0 fully saturated rings. The summed E-state index contributed by atoms with van der Waals surface area (Å²) in [5, 5.41) is 3.26. The van der Waals surface area contributed by atoms with Crippen molar-refractivity contribution < 1.29 is 0 Å². The van der Waals surface area contributed by atoms with Gasteiger partial charge in [-0.25, -0.2) is 4.68 Å². The summed E-state index contributed by atoms with van der Waals surface area (Å²) in [5.41, 5.74) is 4.80. The van der Waals surface area contributed by atoms with Crippen LogP contribution in [0.1, 0.15) is 18.1 Å². The summed E-state index contributed by atoms with van der Waals surface area (Å²) in [4.78, 5) is 12.6. The van der Waals surface area contributed by atoms with Crippen molar-refractivity contribution in [1.82, 2.24) is 9.78 Å². The third kappa shape index (κ3) is 2.42. The smallest absolute Gasteiger partial charge is 0.275 e. The molecule has 3 nitrogen and oxygen atoms in total. The van der Waals surface area contributed by atoms with E-state index in [1.54, 1.807) is 4.68 Å². The predicted molar refractivity (Wildman–Crippen MR) is 85.9 cm³/mol. The van der Waals surface area contributed by atoms with Crippen LogP contribution in [0.2, 0.25) is 0 Å². The van der Waals surface area contributed by atoms with Gasteiger partial charge in [-0.05, 0) is 36.6 Å². The maximum Gasteiger partial charge on any atom is 0.275 e. The molecule has 0 unspecified atom stereocenters. The SMILES string of the molecule is CCc1c(-c2ccccc2)[nH]n(-c2cccc(C)c2)c1=O. The summed E-state index contributed by atoms with van der Waals surface area (Å²) in [6.07, 6.45) is 0.707. The predicted octanol–water partition coefficient (Wildman–Crippen LogP) is 3.70. The lowest BCUT2D eigenvalue weighted by Gasteiger charge is -2.03. The molecular weight excluding hydrogens is 260 g/mol. The first kappa shape index (κ1) is 13.4. The molecule has 21 heavy (non-hydrogen) atoms. The number of aryl methyl sites for hydroxylation is 1. The standard InChI is InChI=1S/C18H18N2O/c1-3-16-17(14-9-5-4-6-10-14)19-20(18(16)21)15-11-7-8-13(2)12-15/h4-12,19H,3H2,1-2H3. The van der Waals surface area contributed by atoms with Crippen molar-refractivity contribution in [2.75, 3.05) is 0 Å². The fourth-order valence-electron chi connectivity index (χ4n) is 2.59. The largest absolute Gasteiger partial charge is 0.290 e. The molecule has 0 aliphatic heterocycles. The molecule has 3 aromatic rings. The molecule has 0 atom stereocenters. The molecule has 3 heteroatoms. The van der Waals surface area contributed by atoms with E-state index in [1.165, 1.54) is 0 Å². The van der Waals surface area contributed by atoms with Gasteiger partial charge in [-0.15, -0.1) is 0 Å². The van der Waals surface area contributed by atoms with E-state index in [2.05, 4.69) is 5.10 Å². The lowest BCUT2D eigenvalue weighted by Crippen LogP contribution is -2.16. The van der Waals surface area contributed by atoms with Gasteiger partial charge in [0.05, 0.1) is 11.4 Å². The minimum Gasteiger partial charge on any atom is -0.290 e. The molecule has 0 aliphatic carbocycles. The van der Waals surface area contributed by atoms with Gasteiger partial charge in [-0.2, -0.15) is 0 Å². The Bertz CT molecular complexity index is 813. The van der Waals surface area contributed by atoms with E-state index in [4.69, 9.17) is 0 Å². The molecule has 0 saturated heterocycles. The van der Waals surface area contributed by atoms with E-state index >= 15 is 0 Å². The molecule has 0 bridgehead atoms. The fourth-order valence-corrected chi connectivity index (χ4v) is 2.59. The van der Waals surface area contributed by atoms with Crippen LogP contribution in [0.25, 0.3) is 16.9 Å². The second-order valence-corrected chi connectivity index (χ2v) is 5.16. The number of aromatic amines is 1. The molecule has 3 rings (SSSR count). The van der Waals surface area contributed by atoms with E-state index in [-0.39, 0.29) is 5.56 Å². The minimum atomic E-state index is 0.0296. The molecule has 0 amide bonds. The van der Waals surface area contributed by atoms with Crippen LogP contribution in [0.3, 0.4) is 0 Å². The third-order valence-corrected chi connectivity index (χ3v) is 3.66. The Morgan fingerprint density at radius 2 is 1.81 bits per heavy atom. The van der Waals surface area contributed by atoms with Gasteiger partial charge in [0.25, 0.3) is 5.56 Å². The number of hydrogen-bond donors (Lipinski definition) is 1. The summed E-state index contributed by atoms with van der Waals surface area (Å²) in [7, 11) is 0. The molecule has 0 saturated carbocycles. The van der Waals surface area contributed by atoms with Crippen LogP contribution >= 0.6 is 0 Å². The van der Waals surface area contributed by atoms with Crippen LogP contribution in [-0.4, -0.2) is 9.78 Å². The lowest BCUT2D eigenvalue weighted by molar-refractivity contribution is 0.848. The van der Waals surface area contributed by atoms with E-state index in [1.807, 2.05) is 68.4 Å². The van der Waals surface area contributed by atoms with Gasteiger partial charge in [0, 0.05) is 5.56 Å². The summed E-state index contributed by atoms with van der Waals surface area (Å²) in [5.74, 6) is 0. The highest BCUT2D eigenvalue weighted by Crippen LogP contribution is 2.21. The average Bonchev–Trinajstić information content (AvgIpc) is 2.85. The van der Waals surface area contributed by atoms with Crippen LogP contribution < -0.4 is 5.56 Å². The molecule has 0 spiro atoms. The maximum absolute atomic E-state index is 12.6. The number of H-pyrrole nitrogens is 1. The average molecular weight is 278 g/mol. The molecular formula is C18H18N2O. The summed E-state index contributed by atoms with van der Waals surface area (Å²) >= 11 is 0. The topological polar surface area (TPSA) is 37.8 Å². The van der Waals surface area contributed by atoms with Crippen molar-refractivity contribution >= 4 is 0 Å². The number of aromatic nitrogens is 2. The Balaban J connectivity index is 2.21. The van der Waals surface area contributed by atoms with Crippen molar-refractivity contribution in [2.24, 2.45) is 0 Å². The number of nitrogens with one attached hydrogen (secondary N) is 1. The zero-order chi connectivity index (χ0) is 14.8. The fraction of sp³-hybridized carbons (Fsp3) is 0.167. The Morgan fingerprint density at radius 3 is 2.48 bits per heavy atom. The normalized spacial score (nSPS) is 10.8. The van der Waals surface area contributed by atoms with E-state index in [9.17, 15) is 4.79 Å². The van der Waals surface area contributed by atoms with Crippen LogP contribution in [0, 0.1) is 6.92 Å². The number of nitrogens with zero attached hydrogens (tertiary/aromatic N) is 1. The first-order valence-corrected chi connectivity index (χ1v) is 7.17. The molecule has 0 aliphatic rings. The van der Waals surface area contributed by atoms with Gasteiger partial charge in [0.2, 0.25) is 0 Å². The molecule has 1 N–H and O–H groups in total. The van der Waals surface area contributed by atoms with Crippen molar-refractivity contribution in [3.05, 3.63) is 76.1 Å². The number of rotatable bonds is 3. The molecule has 1 heterocycles. The maximum atomic E-state index is 12.6. The molecule has 2 aromatic carbocycles. The third-order valence-electron chi connectivity index (χ3n) is 3.66. The molecule has 1 aromatic heterocycles. The number of benzene rings is 2. The van der Waals surface area contributed by atoms with Crippen molar-refractivity contribution in [2.45, 2.75) is 20.3 Å². The van der Waals surface area contributed by atoms with E-state index < -0.39 is 0 Å². The monoisotopic (exact) mass is 278 g/mol. The summed E-state index contributed by atoms with van der Waals surface area (Å²) in [6, 6.07) is 17.9. The highest BCUT2D eigenvalue weighted by Gasteiger charge is 2.14. The minimum absolute atomic E-state index is 0.0296. The van der Waals surface area contributed by atoms with Crippen LogP contribution in [0.15, 0.2) is 59.4 Å². The van der Waals surface area contributed by atoms with Crippen LogP contribution in [0.5, 0.6) is 0 Å².